The van der Waals surface area contributed by atoms with Crippen LogP contribution in [0, 0.1) is 11.8 Å². The summed E-state index contributed by atoms with van der Waals surface area (Å²) in [6.45, 7) is 31.8. The molecule has 408 valence electrons. The largest absolute Gasteiger partial charge is 2.00 e. The van der Waals surface area contributed by atoms with Gasteiger partial charge in [-0.15, -0.1) is 44.8 Å². The minimum Gasteiger partial charge on any atom is -0.164 e. The fraction of sp³-hybridized carbons (Fsp3) is 0.447. The normalized spacial score (nSPS) is 15.2. The molecule has 2 aliphatic carbocycles. The third kappa shape index (κ3) is 15.5. The van der Waals surface area contributed by atoms with E-state index in [0.717, 1.165) is 21.4 Å². The maximum absolute atomic E-state index is 2.51. The summed E-state index contributed by atoms with van der Waals surface area (Å²) in [4.78, 5) is 0. The molecule has 2 saturated carbocycles. The summed E-state index contributed by atoms with van der Waals surface area (Å²) in [5.74, 6) is 1.67. The maximum Gasteiger partial charge on any atom is 2.00 e. The van der Waals surface area contributed by atoms with Crippen LogP contribution in [0.3, 0.4) is 0 Å². The Morgan fingerprint density at radius 1 is 0.346 bits per heavy atom. The molecular weight excluding hydrogens is 1030 g/mol. The van der Waals surface area contributed by atoms with Crippen LogP contribution in [0.15, 0.2) is 146 Å². The zero-order valence-electron chi connectivity index (χ0n) is 50.9. The molecule has 0 bridgehead atoms. The monoisotopic (exact) mass is 1130 g/mol. The standard InChI is InChI=1S/2C37H45.C2H6Si.Zr/c2*1-36(2,3)30-17-13-28(14-18-30)32-21-22-33(29-15-19-31(20-16-29)37(4,5)6)35-25-27(24-34(32)35)23-26-11-9-7-8-10-12-26;1-3-2;/h2*13-22,24-26H,7-12,23H2,1-6H3;1-2H3;/q2*-1;;+2. The van der Waals surface area contributed by atoms with Crippen molar-refractivity contribution in [3.05, 3.63) is 179 Å². The van der Waals surface area contributed by atoms with E-state index in [-0.39, 0.29) is 47.9 Å². The summed E-state index contributed by atoms with van der Waals surface area (Å²) in [5.41, 5.74) is 20.0. The van der Waals surface area contributed by atoms with Crippen LogP contribution in [0.4, 0.5) is 0 Å². The molecule has 10 rings (SSSR count). The molecule has 8 aromatic rings. The number of fused-ring (bicyclic) bond motifs is 2. The Morgan fingerprint density at radius 2 is 0.577 bits per heavy atom. The van der Waals surface area contributed by atoms with Crippen LogP contribution in [-0.2, 0) is 60.7 Å². The molecular formula is C76H96SiZr. The van der Waals surface area contributed by atoms with E-state index in [0.29, 0.717) is 0 Å². The summed E-state index contributed by atoms with van der Waals surface area (Å²) >= 11 is 0. The molecule has 0 saturated heterocycles. The molecule has 2 fully saturated rings. The van der Waals surface area contributed by atoms with Gasteiger partial charge in [0, 0.05) is 9.52 Å². The van der Waals surface area contributed by atoms with Crippen molar-refractivity contribution in [3.8, 4) is 44.5 Å². The van der Waals surface area contributed by atoms with Gasteiger partial charge in [0.25, 0.3) is 0 Å². The van der Waals surface area contributed by atoms with Crippen molar-refractivity contribution in [1.29, 1.82) is 0 Å². The number of hydrogen-bond acceptors (Lipinski definition) is 0. The first-order valence-electron chi connectivity index (χ1n) is 30.1. The van der Waals surface area contributed by atoms with Crippen molar-refractivity contribution in [2.75, 3.05) is 0 Å². The second-order valence-corrected chi connectivity index (χ2v) is 28.6. The Bertz CT molecular complexity index is 2710. The second-order valence-electron chi connectivity index (χ2n) is 27.6. The van der Waals surface area contributed by atoms with Crippen LogP contribution in [0.5, 0.6) is 0 Å². The van der Waals surface area contributed by atoms with E-state index in [9.17, 15) is 0 Å². The first-order chi connectivity index (χ1) is 36.6. The second kappa shape index (κ2) is 26.5. The van der Waals surface area contributed by atoms with E-state index in [1.54, 1.807) is 0 Å². The fourth-order valence-electron chi connectivity index (χ4n) is 12.4. The predicted octanol–water partition coefficient (Wildman–Crippen LogP) is 22.8. The zero-order valence-corrected chi connectivity index (χ0v) is 54.4. The summed E-state index contributed by atoms with van der Waals surface area (Å²) in [6.07, 6.45) is 19.3. The number of hydrogen-bond donors (Lipinski definition) is 0. The minimum absolute atomic E-state index is 0. The molecule has 0 aromatic heterocycles. The first kappa shape index (κ1) is 61.3. The Morgan fingerprint density at radius 3 is 0.821 bits per heavy atom. The molecule has 0 nitrogen and oxygen atoms in total. The predicted molar refractivity (Wildman–Crippen MR) is 343 cm³/mol. The van der Waals surface area contributed by atoms with E-state index in [4.69, 9.17) is 0 Å². The van der Waals surface area contributed by atoms with Gasteiger partial charge in [0.1, 0.15) is 0 Å². The molecule has 0 spiro atoms. The van der Waals surface area contributed by atoms with E-state index in [2.05, 4.69) is 242 Å². The molecule has 2 heteroatoms. The van der Waals surface area contributed by atoms with Gasteiger partial charge in [0.15, 0.2) is 0 Å². The third-order valence-electron chi connectivity index (χ3n) is 17.1. The topological polar surface area (TPSA) is 0 Å². The van der Waals surface area contributed by atoms with Crippen LogP contribution >= 0.6 is 0 Å². The maximum atomic E-state index is 2.51. The zero-order chi connectivity index (χ0) is 55.1. The van der Waals surface area contributed by atoms with Crippen molar-refractivity contribution in [2.24, 2.45) is 11.8 Å². The van der Waals surface area contributed by atoms with Crippen LogP contribution < -0.4 is 0 Å². The van der Waals surface area contributed by atoms with Crippen LogP contribution in [-0.4, -0.2) is 9.52 Å². The molecule has 2 radical (unpaired) electrons. The number of benzene rings is 6. The van der Waals surface area contributed by atoms with Gasteiger partial charge >= 0.3 is 26.2 Å². The fourth-order valence-corrected chi connectivity index (χ4v) is 12.4. The van der Waals surface area contributed by atoms with Crippen LogP contribution in [0.25, 0.3) is 66.1 Å². The van der Waals surface area contributed by atoms with Gasteiger partial charge in [-0.1, -0.05) is 328 Å². The van der Waals surface area contributed by atoms with E-state index in [1.807, 2.05) is 0 Å². The molecule has 0 atom stereocenters. The first-order valence-corrected chi connectivity index (χ1v) is 32.1. The molecule has 0 heterocycles. The number of rotatable bonds is 8. The van der Waals surface area contributed by atoms with Crippen LogP contribution in [0.2, 0.25) is 13.1 Å². The van der Waals surface area contributed by atoms with Crippen molar-refractivity contribution < 1.29 is 26.2 Å². The molecule has 2 aliphatic rings. The molecule has 0 aliphatic heterocycles. The minimum atomic E-state index is 0. The van der Waals surface area contributed by atoms with Crippen molar-refractivity contribution >= 4 is 31.1 Å². The van der Waals surface area contributed by atoms with E-state index < -0.39 is 0 Å². The van der Waals surface area contributed by atoms with E-state index >= 15 is 0 Å². The molecule has 0 amide bonds. The van der Waals surface area contributed by atoms with Crippen LogP contribution in [0.1, 0.15) is 194 Å². The quantitative estimate of drug-likeness (QED) is 0.0808. The molecule has 8 aromatic carbocycles. The van der Waals surface area contributed by atoms with E-state index in [1.165, 1.54) is 189 Å². The smallest absolute Gasteiger partial charge is 0.164 e. The summed E-state index contributed by atoms with van der Waals surface area (Å²) in [6, 6.07) is 56.6. The summed E-state index contributed by atoms with van der Waals surface area (Å²) in [5, 5.41) is 5.63. The third-order valence-corrected chi connectivity index (χ3v) is 17.1. The Labute approximate surface area is 496 Å². The Hall–Kier alpha value is -4.36. The van der Waals surface area contributed by atoms with Gasteiger partial charge in [0.2, 0.25) is 0 Å². The molecule has 0 unspecified atom stereocenters. The van der Waals surface area contributed by atoms with Gasteiger partial charge in [0.05, 0.1) is 0 Å². The van der Waals surface area contributed by atoms with Crippen molar-refractivity contribution in [2.45, 2.75) is 208 Å². The SMILES string of the molecule is CC(C)(C)c1ccc(-c2ccc(-c3ccc(C(C)(C)C)cc3)c3[cH-]c(CC4CCCCCC4)cc23)cc1.CC(C)(C)c1ccc(-c2ccc(-c3ccc(C(C)(C)C)cc3)c3[cH-]c(CC4CCCCCC4)cc23)cc1.C[Si]C.[Zr+2]. The Kier molecular flexibility index (Phi) is 20.8. The Balaban J connectivity index is 0.000000213. The average Bonchev–Trinajstić information content (AvgIpc) is 3.80. The van der Waals surface area contributed by atoms with Gasteiger partial charge in [-0.05, 0) is 79.7 Å². The van der Waals surface area contributed by atoms with Gasteiger partial charge in [-0.25, -0.2) is 0 Å². The van der Waals surface area contributed by atoms with Gasteiger partial charge in [-0.2, -0.15) is 12.1 Å². The van der Waals surface area contributed by atoms with Crippen molar-refractivity contribution in [1.82, 2.24) is 0 Å². The summed E-state index contributed by atoms with van der Waals surface area (Å²) < 4.78 is 0. The average molecular weight is 1130 g/mol. The summed E-state index contributed by atoms with van der Waals surface area (Å²) in [7, 11) is 1.08. The molecule has 0 N–H and O–H groups in total. The molecule has 78 heavy (non-hydrogen) atoms. The van der Waals surface area contributed by atoms with Gasteiger partial charge in [-0.3, -0.25) is 0 Å². The van der Waals surface area contributed by atoms with Crippen molar-refractivity contribution in [3.63, 3.8) is 0 Å². The van der Waals surface area contributed by atoms with Gasteiger partial charge < -0.3 is 0 Å².